The summed E-state index contributed by atoms with van der Waals surface area (Å²) in [6, 6.07) is 12.1. The number of methoxy groups -OCH3 is 3. The maximum atomic E-state index is 12.6. The van der Waals surface area contributed by atoms with Crippen molar-refractivity contribution in [3.05, 3.63) is 53.1 Å². The Hall–Kier alpha value is -2.93. The first kappa shape index (κ1) is 24.7. The first-order chi connectivity index (χ1) is 16.0. The van der Waals surface area contributed by atoms with Gasteiger partial charge in [0.05, 0.1) is 33.4 Å². The number of nitrogens with one attached hydrogen (secondary N) is 2. The Bertz CT molecular complexity index is 934. The number of ether oxygens (including phenoxy) is 3. The average Bonchev–Trinajstić information content (AvgIpc) is 2.85. The van der Waals surface area contributed by atoms with E-state index >= 15 is 0 Å². The molecule has 0 saturated heterocycles. The second kappa shape index (κ2) is 11.8. The van der Waals surface area contributed by atoms with Gasteiger partial charge in [-0.2, -0.15) is 0 Å². The molecular formula is C26H37N3O4. The van der Waals surface area contributed by atoms with E-state index in [-0.39, 0.29) is 18.1 Å². The fourth-order valence-electron chi connectivity index (χ4n) is 4.54. The van der Waals surface area contributed by atoms with E-state index in [9.17, 15) is 4.79 Å². The smallest absolute Gasteiger partial charge is 0.315 e. The highest BCUT2D eigenvalue weighted by molar-refractivity contribution is 5.74. The van der Waals surface area contributed by atoms with Crippen LogP contribution in [-0.4, -0.2) is 51.4 Å². The quantitative estimate of drug-likeness (QED) is 0.559. The first-order valence-electron chi connectivity index (χ1n) is 11.7. The summed E-state index contributed by atoms with van der Waals surface area (Å²) >= 11 is 0. The maximum absolute atomic E-state index is 12.6. The molecule has 2 atom stereocenters. The topological polar surface area (TPSA) is 72.1 Å². The fourth-order valence-corrected chi connectivity index (χ4v) is 4.54. The average molecular weight is 456 g/mol. The Labute approximate surface area is 197 Å². The van der Waals surface area contributed by atoms with Crippen LogP contribution in [0.3, 0.4) is 0 Å². The van der Waals surface area contributed by atoms with E-state index in [1.165, 1.54) is 16.7 Å². The predicted octanol–water partition coefficient (Wildman–Crippen LogP) is 4.30. The SMILES string of the molecule is CCCNC(=O)NC(CC)C1c2cc(OC)c(OC)cc2CCN1Cc1cccc(OC)c1. The molecule has 1 heterocycles. The van der Waals surface area contributed by atoms with Gasteiger partial charge < -0.3 is 24.8 Å². The number of nitrogens with zero attached hydrogens (tertiary/aromatic N) is 1. The minimum atomic E-state index is -0.127. The van der Waals surface area contributed by atoms with E-state index in [4.69, 9.17) is 14.2 Å². The number of amides is 2. The lowest BCUT2D eigenvalue weighted by Crippen LogP contribution is -2.51. The number of rotatable bonds is 10. The molecule has 2 unspecified atom stereocenters. The van der Waals surface area contributed by atoms with Gasteiger partial charge in [0.25, 0.3) is 0 Å². The molecule has 7 nitrogen and oxygen atoms in total. The third-order valence-electron chi connectivity index (χ3n) is 6.22. The molecular weight excluding hydrogens is 418 g/mol. The lowest BCUT2D eigenvalue weighted by atomic mass is 9.86. The first-order valence-corrected chi connectivity index (χ1v) is 11.7. The van der Waals surface area contributed by atoms with Crippen molar-refractivity contribution in [1.82, 2.24) is 15.5 Å². The third-order valence-corrected chi connectivity index (χ3v) is 6.22. The van der Waals surface area contributed by atoms with Crippen molar-refractivity contribution < 1.29 is 19.0 Å². The second-order valence-electron chi connectivity index (χ2n) is 8.34. The van der Waals surface area contributed by atoms with Gasteiger partial charge in [-0.05, 0) is 60.2 Å². The van der Waals surface area contributed by atoms with Crippen LogP contribution in [0.5, 0.6) is 17.2 Å². The van der Waals surface area contributed by atoms with Gasteiger partial charge in [0.1, 0.15) is 5.75 Å². The molecule has 0 bridgehead atoms. The number of benzene rings is 2. The predicted molar refractivity (Wildman–Crippen MR) is 130 cm³/mol. The van der Waals surface area contributed by atoms with Gasteiger partial charge in [-0.15, -0.1) is 0 Å². The summed E-state index contributed by atoms with van der Waals surface area (Å²) in [7, 11) is 5.00. The molecule has 1 aliphatic heterocycles. The highest BCUT2D eigenvalue weighted by atomic mass is 16.5. The van der Waals surface area contributed by atoms with E-state index < -0.39 is 0 Å². The number of carbonyl (C=O) groups excluding carboxylic acids is 1. The Kier molecular flexibility index (Phi) is 8.83. The molecule has 2 amide bonds. The van der Waals surface area contributed by atoms with Gasteiger partial charge in [-0.3, -0.25) is 4.90 Å². The summed E-state index contributed by atoms with van der Waals surface area (Å²) in [5, 5.41) is 6.18. The van der Waals surface area contributed by atoms with E-state index in [0.29, 0.717) is 12.3 Å². The summed E-state index contributed by atoms with van der Waals surface area (Å²) in [5.41, 5.74) is 3.58. The Balaban J connectivity index is 1.98. The van der Waals surface area contributed by atoms with Gasteiger partial charge in [-0.1, -0.05) is 26.0 Å². The van der Waals surface area contributed by atoms with Crippen LogP contribution in [0.4, 0.5) is 4.79 Å². The molecule has 7 heteroatoms. The van der Waals surface area contributed by atoms with Crippen LogP contribution in [0.1, 0.15) is 49.4 Å². The molecule has 1 aliphatic rings. The molecule has 180 valence electrons. The summed E-state index contributed by atoms with van der Waals surface area (Å²) in [4.78, 5) is 15.0. The van der Waals surface area contributed by atoms with Crippen molar-refractivity contribution in [2.75, 3.05) is 34.4 Å². The fraction of sp³-hybridized carbons (Fsp3) is 0.500. The van der Waals surface area contributed by atoms with Crippen LogP contribution in [0.15, 0.2) is 36.4 Å². The van der Waals surface area contributed by atoms with Crippen molar-refractivity contribution in [1.29, 1.82) is 0 Å². The lowest BCUT2D eigenvalue weighted by molar-refractivity contribution is 0.135. The van der Waals surface area contributed by atoms with Crippen LogP contribution < -0.4 is 24.8 Å². The molecule has 2 aromatic rings. The molecule has 2 aromatic carbocycles. The van der Waals surface area contributed by atoms with E-state index in [1.54, 1.807) is 21.3 Å². The molecule has 0 spiro atoms. The summed E-state index contributed by atoms with van der Waals surface area (Å²) in [6.07, 6.45) is 2.59. The Morgan fingerprint density at radius 2 is 1.85 bits per heavy atom. The second-order valence-corrected chi connectivity index (χ2v) is 8.34. The zero-order valence-corrected chi connectivity index (χ0v) is 20.4. The van der Waals surface area contributed by atoms with Crippen molar-refractivity contribution in [3.8, 4) is 17.2 Å². The highest BCUT2D eigenvalue weighted by Gasteiger charge is 2.35. The zero-order valence-electron chi connectivity index (χ0n) is 20.4. The summed E-state index contributed by atoms with van der Waals surface area (Å²) in [6.45, 7) is 6.44. The minimum absolute atomic E-state index is 0.00265. The van der Waals surface area contributed by atoms with E-state index in [2.05, 4.69) is 46.7 Å². The standard InChI is InChI=1S/C26H37N3O4/c1-6-12-27-26(30)28-22(7-2)25-21-16-24(33-5)23(32-4)15-19(21)11-13-29(25)17-18-9-8-10-20(14-18)31-3/h8-10,14-16,22,25H,6-7,11-13,17H2,1-5H3,(H2,27,28,30). The van der Waals surface area contributed by atoms with Crippen LogP contribution >= 0.6 is 0 Å². The van der Waals surface area contributed by atoms with Crippen molar-refractivity contribution in [3.63, 3.8) is 0 Å². The maximum Gasteiger partial charge on any atom is 0.315 e. The molecule has 0 radical (unpaired) electrons. The molecule has 2 N–H and O–H groups in total. The summed E-state index contributed by atoms with van der Waals surface area (Å²) < 4.78 is 16.6. The molecule has 0 fully saturated rings. The van der Waals surface area contributed by atoms with Gasteiger partial charge in [0, 0.05) is 19.6 Å². The normalized spacial score (nSPS) is 16.5. The van der Waals surface area contributed by atoms with Crippen LogP contribution in [0, 0.1) is 0 Å². The van der Waals surface area contributed by atoms with E-state index in [1.807, 2.05) is 19.1 Å². The van der Waals surface area contributed by atoms with Gasteiger partial charge in [0.15, 0.2) is 11.5 Å². The number of fused-ring (bicyclic) bond motifs is 1. The van der Waals surface area contributed by atoms with E-state index in [0.717, 1.165) is 43.9 Å². The third kappa shape index (κ3) is 5.90. The summed E-state index contributed by atoms with van der Waals surface area (Å²) in [5.74, 6) is 2.28. The lowest BCUT2D eigenvalue weighted by Gasteiger charge is -2.42. The number of hydrogen-bond acceptors (Lipinski definition) is 5. The van der Waals surface area contributed by atoms with Crippen LogP contribution in [0.2, 0.25) is 0 Å². The Morgan fingerprint density at radius 1 is 1.09 bits per heavy atom. The zero-order chi connectivity index (χ0) is 23.8. The minimum Gasteiger partial charge on any atom is -0.497 e. The number of carbonyl (C=O) groups is 1. The van der Waals surface area contributed by atoms with Crippen molar-refractivity contribution >= 4 is 6.03 Å². The number of urea groups is 1. The van der Waals surface area contributed by atoms with Gasteiger partial charge >= 0.3 is 6.03 Å². The van der Waals surface area contributed by atoms with Crippen LogP contribution in [-0.2, 0) is 13.0 Å². The molecule has 0 aliphatic carbocycles. The Morgan fingerprint density at radius 3 is 2.52 bits per heavy atom. The van der Waals surface area contributed by atoms with Crippen molar-refractivity contribution in [2.24, 2.45) is 0 Å². The largest absolute Gasteiger partial charge is 0.497 e. The monoisotopic (exact) mass is 455 g/mol. The van der Waals surface area contributed by atoms with Gasteiger partial charge in [0.2, 0.25) is 0 Å². The molecule has 3 rings (SSSR count). The van der Waals surface area contributed by atoms with Gasteiger partial charge in [-0.25, -0.2) is 4.79 Å². The number of hydrogen-bond donors (Lipinski definition) is 2. The highest BCUT2D eigenvalue weighted by Crippen LogP contribution is 2.40. The van der Waals surface area contributed by atoms with Crippen molar-refractivity contribution in [2.45, 2.75) is 51.7 Å². The molecule has 0 saturated carbocycles. The molecule has 33 heavy (non-hydrogen) atoms. The van der Waals surface area contributed by atoms with Crippen LogP contribution in [0.25, 0.3) is 0 Å². The molecule has 0 aromatic heterocycles.